The van der Waals surface area contributed by atoms with E-state index in [1.54, 1.807) is 0 Å². The molecule has 3 N–H and O–H groups in total. The molecular weight excluding hydrogens is 875 g/mol. The molecule has 1 amide bonds. The van der Waals surface area contributed by atoms with Crippen LogP contribution in [-0.4, -0.2) is 47.4 Å². The van der Waals surface area contributed by atoms with E-state index in [1.807, 2.05) is 0 Å². The van der Waals surface area contributed by atoms with E-state index in [4.69, 9.17) is 4.74 Å². The quantitative estimate of drug-likeness (QED) is 0.0320. The first kappa shape index (κ1) is 69.3. The number of unbranched alkanes of at least 4 members (excludes halogenated alkanes) is 45. The zero-order chi connectivity index (χ0) is 51.4. The maximum Gasteiger partial charge on any atom is 0.305 e. The normalized spacial score (nSPS) is 12.7. The molecular formula is C65H125NO5. The number of allylic oxidation sites excluding steroid dienone is 4. The third-order valence-electron chi connectivity index (χ3n) is 15.0. The fourth-order valence-corrected chi connectivity index (χ4v) is 10.0. The van der Waals surface area contributed by atoms with Crippen molar-refractivity contribution in [3.63, 3.8) is 0 Å². The number of nitrogens with one attached hydrogen (secondary N) is 1. The monoisotopic (exact) mass is 1000 g/mol. The lowest BCUT2D eigenvalue weighted by Gasteiger charge is -2.22. The van der Waals surface area contributed by atoms with Gasteiger partial charge in [0.15, 0.2) is 0 Å². The summed E-state index contributed by atoms with van der Waals surface area (Å²) in [5.74, 6) is -0.0444. The SMILES string of the molecule is CCCCCCCCC/C=C\CCCCCCCC(=O)OCCCCCCCCCC/C=C\CCCCCCCCCC(=O)NC(CO)C(O)CCCCCCCCCCCCCCCCCCCCC. The Kier molecular flexibility index (Phi) is 59.5. The smallest absolute Gasteiger partial charge is 0.305 e. The zero-order valence-corrected chi connectivity index (χ0v) is 48.0. The molecule has 0 aliphatic carbocycles. The minimum Gasteiger partial charge on any atom is -0.466 e. The Hall–Kier alpha value is -1.66. The van der Waals surface area contributed by atoms with E-state index in [9.17, 15) is 19.8 Å². The number of ether oxygens (including phenoxy) is 1. The number of carbonyl (C=O) groups excluding carboxylic acids is 2. The second-order valence-electron chi connectivity index (χ2n) is 22.1. The molecule has 0 heterocycles. The highest BCUT2D eigenvalue weighted by Gasteiger charge is 2.20. The molecule has 2 unspecified atom stereocenters. The van der Waals surface area contributed by atoms with Gasteiger partial charge in [-0.05, 0) is 77.0 Å². The molecule has 0 spiro atoms. The average Bonchev–Trinajstić information content (AvgIpc) is 3.37. The number of hydrogen-bond acceptors (Lipinski definition) is 5. The van der Waals surface area contributed by atoms with Crippen LogP contribution in [-0.2, 0) is 14.3 Å². The molecule has 0 radical (unpaired) electrons. The fourth-order valence-electron chi connectivity index (χ4n) is 10.0. The minimum absolute atomic E-state index is 0.00273. The minimum atomic E-state index is -0.671. The Morgan fingerprint density at radius 1 is 0.380 bits per heavy atom. The van der Waals surface area contributed by atoms with Crippen LogP contribution in [0.4, 0.5) is 0 Å². The summed E-state index contributed by atoms with van der Waals surface area (Å²) in [7, 11) is 0. The van der Waals surface area contributed by atoms with Crippen molar-refractivity contribution >= 4 is 11.9 Å². The van der Waals surface area contributed by atoms with Crippen molar-refractivity contribution < 1.29 is 24.5 Å². The average molecular weight is 1000 g/mol. The standard InChI is InChI=1S/C65H125NO5/c1-3-5-7-9-11-13-15-17-19-21-23-26-29-33-37-41-45-49-53-57-63(68)62(61-67)66-64(69)58-54-50-46-42-38-34-30-27-24-22-25-28-32-36-40-44-48-52-56-60-71-65(70)59-55-51-47-43-39-35-31-20-18-16-14-12-10-8-6-4-2/h20,22,24,31,62-63,67-68H,3-19,21,23,25-30,32-61H2,1-2H3,(H,66,69)/b24-22-,31-20-. The maximum absolute atomic E-state index is 12.5. The van der Waals surface area contributed by atoms with Crippen LogP contribution < -0.4 is 5.32 Å². The van der Waals surface area contributed by atoms with Crippen molar-refractivity contribution in [1.82, 2.24) is 5.32 Å². The summed E-state index contributed by atoms with van der Waals surface area (Å²) < 4.78 is 5.48. The fraction of sp³-hybridized carbons (Fsp3) is 0.908. The van der Waals surface area contributed by atoms with Gasteiger partial charge in [0.25, 0.3) is 0 Å². The molecule has 0 aliphatic heterocycles. The molecule has 420 valence electrons. The molecule has 6 heteroatoms. The largest absolute Gasteiger partial charge is 0.466 e. The molecule has 2 atom stereocenters. The summed E-state index contributed by atoms with van der Waals surface area (Å²) in [4.78, 5) is 24.6. The van der Waals surface area contributed by atoms with E-state index < -0.39 is 12.1 Å². The van der Waals surface area contributed by atoms with Crippen LogP contribution in [0.15, 0.2) is 24.3 Å². The van der Waals surface area contributed by atoms with E-state index in [-0.39, 0.29) is 18.5 Å². The third-order valence-corrected chi connectivity index (χ3v) is 15.0. The van der Waals surface area contributed by atoms with E-state index in [1.165, 1.54) is 276 Å². The summed E-state index contributed by atoms with van der Waals surface area (Å²) in [6.45, 7) is 4.96. The first-order valence-electron chi connectivity index (χ1n) is 32.1. The number of carbonyl (C=O) groups is 2. The highest BCUT2D eigenvalue weighted by Crippen LogP contribution is 2.18. The molecule has 0 aromatic rings. The van der Waals surface area contributed by atoms with E-state index in [2.05, 4.69) is 43.5 Å². The van der Waals surface area contributed by atoms with Gasteiger partial charge in [-0.25, -0.2) is 0 Å². The Labute approximate surface area is 443 Å². The lowest BCUT2D eigenvalue weighted by molar-refractivity contribution is -0.143. The van der Waals surface area contributed by atoms with Crippen LogP contribution in [0.25, 0.3) is 0 Å². The van der Waals surface area contributed by atoms with Crippen molar-refractivity contribution in [1.29, 1.82) is 0 Å². The second-order valence-corrected chi connectivity index (χ2v) is 22.1. The molecule has 0 bridgehead atoms. The van der Waals surface area contributed by atoms with Gasteiger partial charge in [-0.2, -0.15) is 0 Å². The summed E-state index contributed by atoms with van der Waals surface area (Å²) in [6, 6.07) is -0.549. The van der Waals surface area contributed by atoms with Gasteiger partial charge in [-0.15, -0.1) is 0 Å². The van der Waals surface area contributed by atoms with Gasteiger partial charge in [0.05, 0.1) is 25.4 Å². The molecule has 6 nitrogen and oxygen atoms in total. The number of hydrogen-bond donors (Lipinski definition) is 3. The topological polar surface area (TPSA) is 95.9 Å². The van der Waals surface area contributed by atoms with Gasteiger partial charge in [-0.1, -0.05) is 289 Å². The first-order chi connectivity index (χ1) is 35.0. The number of rotatable bonds is 60. The summed E-state index contributed by atoms with van der Waals surface area (Å²) in [5.41, 5.74) is 0. The number of aliphatic hydroxyl groups excluding tert-OH is 2. The van der Waals surface area contributed by atoms with E-state index in [0.717, 1.165) is 44.9 Å². The summed E-state index contributed by atoms with van der Waals surface area (Å²) >= 11 is 0. The number of aliphatic hydroxyl groups is 2. The summed E-state index contributed by atoms with van der Waals surface area (Å²) in [5, 5.41) is 23.4. The van der Waals surface area contributed by atoms with Gasteiger partial charge in [0.1, 0.15) is 0 Å². The highest BCUT2D eigenvalue weighted by molar-refractivity contribution is 5.76. The molecule has 0 rings (SSSR count). The Morgan fingerprint density at radius 2 is 0.662 bits per heavy atom. The molecule has 0 aromatic carbocycles. The highest BCUT2D eigenvalue weighted by atomic mass is 16.5. The van der Waals surface area contributed by atoms with E-state index in [0.29, 0.717) is 25.9 Å². The van der Waals surface area contributed by atoms with Crippen molar-refractivity contribution in [3.8, 4) is 0 Å². The molecule has 0 aliphatic rings. The van der Waals surface area contributed by atoms with Crippen LogP contribution in [0.5, 0.6) is 0 Å². The predicted molar refractivity (Wildman–Crippen MR) is 310 cm³/mol. The lowest BCUT2D eigenvalue weighted by Crippen LogP contribution is -2.45. The molecule has 0 fully saturated rings. The molecule has 0 aromatic heterocycles. The Balaban J connectivity index is 3.44. The van der Waals surface area contributed by atoms with Crippen LogP contribution >= 0.6 is 0 Å². The molecule has 71 heavy (non-hydrogen) atoms. The van der Waals surface area contributed by atoms with Crippen molar-refractivity contribution in [2.75, 3.05) is 13.2 Å². The van der Waals surface area contributed by atoms with Crippen molar-refractivity contribution in [3.05, 3.63) is 24.3 Å². The van der Waals surface area contributed by atoms with Crippen LogP contribution in [0, 0.1) is 0 Å². The molecule has 0 saturated heterocycles. The van der Waals surface area contributed by atoms with Gasteiger partial charge >= 0.3 is 5.97 Å². The number of esters is 1. The Bertz CT molecular complexity index is 1110. The third kappa shape index (κ3) is 57.5. The van der Waals surface area contributed by atoms with Gasteiger partial charge in [-0.3, -0.25) is 9.59 Å². The maximum atomic E-state index is 12.5. The first-order valence-corrected chi connectivity index (χ1v) is 32.1. The molecule has 0 saturated carbocycles. The van der Waals surface area contributed by atoms with Gasteiger partial charge in [0.2, 0.25) is 5.91 Å². The van der Waals surface area contributed by atoms with E-state index >= 15 is 0 Å². The lowest BCUT2D eigenvalue weighted by atomic mass is 10.0. The van der Waals surface area contributed by atoms with Crippen molar-refractivity contribution in [2.45, 2.75) is 366 Å². The van der Waals surface area contributed by atoms with Crippen LogP contribution in [0.1, 0.15) is 354 Å². The van der Waals surface area contributed by atoms with Crippen LogP contribution in [0.3, 0.4) is 0 Å². The van der Waals surface area contributed by atoms with Crippen LogP contribution in [0.2, 0.25) is 0 Å². The zero-order valence-electron chi connectivity index (χ0n) is 48.0. The second kappa shape index (κ2) is 60.9. The van der Waals surface area contributed by atoms with Gasteiger partial charge in [0, 0.05) is 12.8 Å². The Morgan fingerprint density at radius 3 is 1.00 bits per heavy atom. The van der Waals surface area contributed by atoms with Crippen molar-refractivity contribution in [2.24, 2.45) is 0 Å². The predicted octanol–water partition coefficient (Wildman–Crippen LogP) is 20.2. The van der Waals surface area contributed by atoms with Gasteiger partial charge < -0.3 is 20.3 Å². The number of amides is 1. The summed E-state index contributed by atoms with van der Waals surface area (Å²) in [6.07, 6.45) is 74.7.